The molecular weight excluding hydrogens is 356 g/mol. The quantitative estimate of drug-likeness (QED) is 0.596. The van der Waals surface area contributed by atoms with Crippen molar-refractivity contribution in [1.29, 1.82) is 0 Å². The molecule has 0 spiro atoms. The van der Waals surface area contributed by atoms with Crippen molar-refractivity contribution in [2.75, 3.05) is 20.3 Å². The van der Waals surface area contributed by atoms with Crippen molar-refractivity contribution in [3.8, 4) is 5.75 Å². The number of halogens is 2. The van der Waals surface area contributed by atoms with E-state index in [-0.39, 0.29) is 18.1 Å². The van der Waals surface area contributed by atoms with Crippen molar-refractivity contribution >= 4 is 16.0 Å². The molecule has 0 amide bonds. The third kappa shape index (κ3) is 4.97. The molecule has 0 aliphatic carbocycles. The van der Waals surface area contributed by atoms with Crippen LogP contribution in [0.5, 0.6) is 5.75 Å². The lowest BCUT2D eigenvalue weighted by atomic mass is 10.2. The first-order chi connectivity index (χ1) is 11.8. The van der Waals surface area contributed by atoms with E-state index < -0.39 is 33.2 Å². The molecular formula is C16H15F2NO5S. The normalized spacial score (nSPS) is 11.2. The average molecular weight is 371 g/mol. The Morgan fingerprint density at radius 1 is 1.08 bits per heavy atom. The number of hydrogen-bond donors (Lipinski definition) is 1. The summed E-state index contributed by atoms with van der Waals surface area (Å²) in [7, 11) is -2.62. The number of rotatable bonds is 7. The lowest BCUT2D eigenvalue weighted by Crippen LogP contribution is -2.20. The molecule has 0 saturated heterocycles. The van der Waals surface area contributed by atoms with Crippen LogP contribution in [0, 0.1) is 11.6 Å². The van der Waals surface area contributed by atoms with Crippen LogP contribution in [0.1, 0.15) is 10.4 Å². The van der Waals surface area contributed by atoms with Crippen LogP contribution < -0.4 is 9.46 Å². The predicted molar refractivity (Wildman–Crippen MR) is 84.8 cm³/mol. The first-order valence-electron chi connectivity index (χ1n) is 7.12. The van der Waals surface area contributed by atoms with Crippen LogP contribution in [0.4, 0.5) is 8.78 Å². The van der Waals surface area contributed by atoms with Gasteiger partial charge in [0.15, 0.2) is 0 Å². The minimum Gasteiger partial charge on any atom is -0.490 e. The summed E-state index contributed by atoms with van der Waals surface area (Å²) < 4.78 is 62.0. The maximum absolute atomic E-state index is 13.7. The molecule has 0 unspecified atom stereocenters. The molecule has 0 saturated carbocycles. The zero-order valence-corrected chi connectivity index (χ0v) is 14.0. The molecule has 2 rings (SSSR count). The molecule has 2 aromatic rings. The largest absolute Gasteiger partial charge is 0.490 e. The number of ether oxygens (including phenoxy) is 2. The smallest absolute Gasteiger partial charge is 0.341 e. The van der Waals surface area contributed by atoms with Crippen molar-refractivity contribution in [2.24, 2.45) is 0 Å². The monoisotopic (exact) mass is 371 g/mol. The van der Waals surface area contributed by atoms with E-state index >= 15 is 0 Å². The minimum atomic E-state index is -3.82. The first kappa shape index (κ1) is 18.8. The second-order valence-corrected chi connectivity index (χ2v) is 6.67. The van der Waals surface area contributed by atoms with E-state index in [4.69, 9.17) is 9.47 Å². The van der Waals surface area contributed by atoms with Gasteiger partial charge in [-0.2, -0.15) is 0 Å². The first-order valence-corrected chi connectivity index (χ1v) is 8.60. The van der Waals surface area contributed by atoms with Crippen molar-refractivity contribution in [2.45, 2.75) is 4.90 Å². The number of carbonyl (C=O) groups is 1. The average Bonchev–Trinajstić information content (AvgIpc) is 2.60. The van der Waals surface area contributed by atoms with Crippen LogP contribution in [0.3, 0.4) is 0 Å². The standard InChI is InChI=1S/C16H15F2NO5S/c1-19-25(21,22)13-6-7-15(18)14(10-13)16(20)24-9-8-23-12-4-2-11(17)3-5-12/h2-7,10,19H,8-9H2,1H3. The number of hydrogen-bond acceptors (Lipinski definition) is 5. The van der Waals surface area contributed by atoms with Crippen LogP contribution in [-0.4, -0.2) is 34.6 Å². The summed E-state index contributed by atoms with van der Waals surface area (Å²) in [6.07, 6.45) is 0. The number of benzene rings is 2. The molecule has 0 fully saturated rings. The Balaban J connectivity index is 1.96. The lowest BCUT2D eigenvalue weighted by Gasteiger charge is -2.09. The van der Waals surface area contributed by atoms with E-state index in [9.17, 15) is 22.0 Å². The SMILES string of the molecule is CNS(=O)(=O)c1ccc(F)c(C(=O)OCCOc2ccc(F)cc2)c1. The van der Waals surface area contributed by atoms with Crippen LogP contribution in [0.2, 0.25) is 0 Å². The van der Waals surface area contributed by atoms with Crippen molar-refractivity contribution < 1.29 is 31.5 Å². The molecule has 0 heterocycles. The minimum absolute atomic E-state index is 0.0342. The Morgan fingerprint density at radius 3 is 2.40 bits per heavy atom. The van der Waals surface area contributed by atoms with Gasteiger partial charge in [0.2, 0.25) is 10.0 Å². The van der Waals surface area contributed by atoms with Crippen molar-refractivity contribution in [3.63, 3.8) is 0 Å². The Kier molecular flexibility index (Phi) is 6.05. The Labute approximate surface area is 143 Å². The zero-order chi connectivity index (χ0) is 18.4. The maximum atomic E-state index is 13.7. The Hall–Kier alpha value is -2.52. The molecule has 0 aliphatic heterocycles. The fourth-order valence-corrected chi connectivity index (χ4v) is 2.60. The summed E-state index contributed by atoms with van der Waals surface area (Å²) >= 11 is 0. The third-order valence-corrected chi connectivity index (χ3v) is 4.55. The van der Waals surface area contributed by atoms with Crippen LogP contribution in [0.25, 0.3) is 0 Å². The molecule has 0 atom stereocenters. The molecule has 6 nitrogen and oxygen atoms in total. The summed E-state index contributed by atoms with van der Waals surface area (Å²) in [6.45, 7) is -0.230. The summed E-state index contributed by atoms with van der Waals surface area (Å²) in [4.78, 5) is 11.6. The number of sulfonamides is 1. The molecule has 25 heavy (non-hydrogen) atoms. The molecule has 0 bridgehead atoms. The summed E-state index contributed by atoms with van der Waals surface area (Å²) in [6, 6.07) is 8.04. The van der Waals surface area contributed by atoms with Gasteiger partial charge >= 0.3 is 5.97 Å². The van der Waals surface area contributed by atoms with Gasteiger partial charge < -0.3 is 9.47 Å². The second kappa shape index (κ2) is 8.04. The summed E-state index contributed by atoms with van der Waals surface area (Å²) in [5.41, 5.74) is -0.502. The fourth-order valence-electron chi connectivity index (χ4n) is 1.85. The number of esters is 1. The van der Waals surface area contributed by atoms with Gasteiger partial charge in [-0.15, -0.1) is 0 Å². The predicted octanol–water partition coefficient (Wildman–Crippen LogP) is 2.11. The van der Waals surface area contributed by atoms with Crippen molar-refractivity contribution in [3.05, 3.63) is 59.7 Å². The number of nitrogens with one attached hydrogen (secondary N) is 1. The van der Waals surface area contributed by atoms with E-state index in [2.05, 4.69) is 4.72 Å². The Morgan fingerprint density at radius 2 is 1.76 bits per heavy atom. The maximum Gasteiger partial charge on any atom is 0.341 e. The van der Waals surface area contributed by atoms with Gasteiger partial charge in [0.1, 0.15) is 30.6 Å². The molecule has 2 aromatic carbocycles. The zero-order valence-electron chi connectivity index (χ0n) is 13.2. The summed E-state index contributed by atoms with van der Waals surface area (Å²) in [5.74, 6) is -1.95. The van der Waals surface area contributed by atoms with Gasteiger partial charge in [-0.1, -0.05) is 0 Å². The summed E-state index contributed by atoms with van der Waals surface area (Å²) in [5, 5.41) is 0. The van der Waals surface area contributed by atoms with Gasteiger partial charge in [-0.05, 0) is 49.5 Å². The van der Waals surface area contributed by atoms with Gasteiger partial charge in [0, 0.05) is 0 Å². The highest BCUT2D eigenvalue weighted by atomic mass is 32.2. The van der Waals surface area contributed by atoms with Gasteiger partial charge in [0.05, 0.1) is 10.5 Å². The molecule has 0 radical (unpaired) electrons. The topological polar surface area (TPSA) is 81.7 Å². The molecule has 0 aliphatic rings. The fraction of sp³-hybridized carbons (Fsp3) is 0.188. The molecule has 1 N–H and O–H groups in total. The van der Waals surface area contributed by atoms with E-state index in [0.717, 1.165) is 18.2 Å². The highest BCUT2D eigenvalue weighted by molar-refractivity contribution is 7.89. The molecule has 0 aromatic heterocycles. The lowest BCUT2D eigenvalue weighted by molar-refractivity contribution is 0.0445. The van der Waals surface area contributed by atoms with Gasteiger partial charge in [-0.3, -0.25) is 0 Å². The van der Waals surface area contributed by atoms with E-state index in [1.54, 1.807) is 0 Å². The van der Waals surface area contributed by atoms with E-state index in [0.29, 0.717) is 5.75 Å². The van der Waals surface area contributed by atoms with Crippen molar-refractivity contribution in [1.82, 2.24) is 4.72 Å². The van der Waals surface area contributed by atoms with Gasteiger partial charge in [0.25, 0.3) is 0 Å². The highest BCUT2D eigenvalue weighted by Crippen LogP contribution is 2.16. The molecule has 134 valence electrons. The van der Waals surface area contributed by atoms with Gasteiger partial charge in [-0.25, -0.2) is 26.7 Å². The van der Waals surface area contributed by atoms with E-state index in [1.165, 1.54) is 31.3 Å². The second-order valence-electron chi connectivity index (χ2n) is 4.79. The highest BCUT2D eigenvalue weighted by Gasteiger charge is 2.19. The Bertz CT molecular complexity index is 853. The number of carbonyl (C=O) groups excluding carboxylic acids is 1. The van der Waals surface area contributed by atoms with Crippen LogP contribution in [-0.2, 0) is 14.8 Å². The van der Waals surface area contributed by atoms with Crippen LogP contribution >= 0.6 is 0 Å². The van der Waals surface area contributed by atoms with E-state index in [1.807, 2.05) is 0 Å². The van der Waals surface area contributed by atoms with Crippen LogP contribution in [0.15, 0.2) is 47.4 Å². The molecule has 9 heteroatoms. The third-order valence-electron chi connectivity index (χ3n) is 3.14.